The van der Waals surface area contributed by atoms with Gasteiger partial charge < -0.3 is 9.47 Å². The van der Waals surface area contributed by atoms with E-state index in [1.165, 1.54) is 12.8 Å². The monoisotopic (exact) mass is 524 g/mol. The third-order valence-corrected chi connectivity index (χ3v) is 6.86. The van der Waals surface area contributed by atoms with Crippen LogP contribution in [0.15, 0.2) is 76.3 Å². The minimum Gasteiger partial charge on any atom is -0.494 e. The van der Waals surface area contributed by atoms with Crippen LogP contribution in [-0.2, 0) is 0 Å². The molecule has 0 fully saturated rings. The molecule has 0 radical (unpaired) electrons. The van der Waals surface area contributed by atoms with Crippen molar-refractivity contribution < 1.29 is 9.47 Å². The molecule has 3 aromatic rings. The smallest absolute Gasteiger partial charge is 0.213 e. The zero-order valence-corrected chi connectivity index (χ0v) is 20.8. The zero-order chi connectivity index (χ0) is 22.8. The van der Waals surface area contributed by atoms with E-state index in [4.69, 9.17) is 26.2 Å². The van der Waals surface area contributed by atoms with E-state index in [9.17, 15) is 0 Å². The number of rotatable bonds is 7. The molecule has 0 saturated heterocycles. The van der Waals surface area contributed by atoms with Crippen LogP contribution >= 0.6 is 27.5 Å². The van der Waals surface area contributed by atoms with E-state index < -0.39 is 0 Å². The first-order valence-electron chi connectivity index (χ1n) is 11.4. The van der Waals surface area contributed by atoms with Crippen molar-refractivity contribution >= 4 is 33.2 Å². The first-order chi connectivity index (χ1) is 16.1. The summed E-state index contributed by atoms with van der Waals surface area (Å²) in [5.41, 5.74) is 4.31. The van der Waals surface area contributed by atoms with Crippen LogP contribution in [0.1, 0.15) is 61.6 Å². The molecule has 3 aromatic carbocycles. The highest BCUT2D eigenvalue weighted by molar-refractivity contribution is 9.10. The van der Waals surface area contributed by atoms with Gasteiger partial charge in [0.25, 0.3) is 0 Å². The highest BCUT2D eigenvalue weighted by atomic mass is 79.9. The lowest BCUT2D eigenvalue weighted by Crippen LogP contribution is -2.33. The molecule has 170 valence electrons. The van der Waals surface area contributed by atoms with Crippen molar-refractivity contribution in [3.63, 3.8) is 0 Å². The van der Waals surface area contributed by atoms with Crippen LogP contribution in [0.2, 0.25) is 5.02 Å². The second-order valence-corrected chi connectivity index (χ2v) is 9.78. The number of ether oxygens (including phenoxy) is 2. The van der Waals surface area contributed by atoms with Gasteiger partial charge in [0, 0.05) is 27.0 Å². The summed E-state index contributed by atoms with van der Waals surface area (Å²) in [6.45, 7) is 2.95. The number of hydrogen-bond donors (Lipinski definition) is 0. The maximum atomic E-state index is 6.48. The van der Waals surface area contributed by atoms with Crippen molar-refractivity contribution in [2.75, 3.05) is 6.61 Å². The Morgan fingerprint density at radius 1 is 1.06 bits per heavy atom. The van der Waals surface area contributed by atoms with Gasteiger partial charge in [0.1, 0.15) is 11.5 Å². The Labute approximate surface area is 208 Å². The van der Waals surface area contributed by atoms with Gasteiger partial charge in [-0.05, 0) is 66.6 Å². The predicted octanol–water partition coefficient (Wildman–Crippen LogP) is 7.91. The molecule has 4 nitrogen and oxygen atoms in total. The van der Waals surface area contributed by atoms with Gasteiger partial charge in [-0.1, -0.05) is 59.4 Å². The Morgan fingerprint density at radius 2 is 1.85 bits per heavy atom. The van der Waals surface area contributed by atoms with E-state index in [0.717, 1.165) is 62.8 Å². The standard InChI is InChI=1S/C27H26BrClN2O2/c1-2-3-4-15-32-22-12-7-19(8-13-22)27-31-25(23-16-20(28)9-14-26(23)33-27)17-24(30-31)18-5-10-21(29)11-6-18/h5-14,16,25,27H,2-4,15,17H2,1H3/t25-,27-/m1/s1. The Bertz CT molecular complexity index is 1150. The minimum atomic E-state index is -0.303. The molecule has 0 amide bonds. The molecule has 0 aromatic heterocycles. The summed E-state index contributed by atoms with van der Waals surface area (Å²) in [7, 11) is 0. The number of hydrogen-bond acceptors (Lipinski definition) is 4. The summed E-state index contributed by atoms with van der Waals surface area (Å²) in [6.07, 6.45) is 3.96. The summed E-state index contributed by atoms with van der Waals surface area (Å²) < 4.78 is 13.4. The fourth-order valence-electron chi connectivity index (χ4n) is 4.37. The lowest BCUT2D eigenvalue weighted by atomic mass is 9.96. The topological polar surface area (TPSA) is 34.1 Å². The summed E-state index contributed by atoms with van der Waals surface area (Å²) in [4.78, 5) is 0. The van der Waals surface area contributed by atoms with Crippen molar-refractivity contribution in [3.05, 3.63) is 92.9 Å². The quantitative estimate of drug-likeness (QED) is 0.294. The molecule has 0 bridgehead atoms. The van der Waals surface area contributed by atoms with Crippen molar-refractivity contribution in [1.29, 1.82) is 0 Å². The number of nitrogens with zero attached hydrogens (tertiary/aromatic N) is 2. The molecule has 6 heteroatoms. The lowest BCUT2D eigenvalue weighted by molar-refractivity contribution is -0.0191. The Kier molecular flexibility index (Phi) is 6.61. The second-order valence-electron chi connectivity index (χ2n) is 8.43. The molecule has 5 rings (SSSR count). The van der Waals surface area contributed by atoms with Gasteiger partial charge in [0.2, 0.25) is 6.23 Å². The van der Waals surface area contributed by atoms with Crippen LogP contribution in [0.3, 0.4) is 0 Å². The maximum Gasteiger partial charge on any atom is 0.213 e. The van der Waals surface area contributed by atoms with Gasteiger partial charge in [-0.25, -0.2) is 5.01 Å². The third kappa shape index (κ3) is 4.75. The molecule has 0 spiro atoms. The summed E-state index contributed by atoms with van der Waals surface area (Å²) in [5.74, 6) is 1.79. The van der Waals surface area contributed by atoms with Gasteiger partial charge in [0.15, 0.2) is 0 Å². The third-order valence-electron chi connectivity index (χ3n) is 6.11. The van der Waals surface area contributed by atoms with E-state index in [1.807, 2.05) is 48.5 Å². The highest BCUT2D eigenvalue weighted by Crippen LogP contribution is 2.48. The second kappa shape index (κ2) is 9.78. The van der Waals surface area contributed by atoms with Crippen molar-refractivity contribution in [3.8, 4) is 11.5 Å². The van der Waals surface area contributed by atoms with Crippen molar-refractivity contribution in [1.82, 2.24) is 5.01 Å². The fraction of sp³-hybridized carbons (Fsp3) is 0.296. The Balaban J connectivity index is 1.44. The van der Waals surface area contributed by atoms with Gasteiger partial charge in [-0.15, -0.1) is 0 Å². The van der Waals surface area contributed by atoms with E-state index in [-0.39, 0.29) is 12.3 Å². The van der Waals surface area contributed by atoms with Gasteiger partial charge in [-0.3, -0.25) is 0 Å². The number of unbranched alkanes of at least 4 members (excludes halogenated alkanes) is 2. The zero-order valence-electron chi connectivity index (χ0n) is 18.5. The van der Waals surface area contributed by atoms with Crippen molar-refractivity contribution in [2.45, 2.75) is 44.9 Å². The molecule has 2 heterocycles. The summed E-state index contributed by atoms with van der Waals surface area (Å²) in [6, 6.07) is 22.4. The largest absolute Gasteiger partial charge is 0.494 e. The SMILES string of the molecule is CCCCCOc1ccc([C@H]2Oc3ccc(Br)cc3[C@H]3CC(c4ccc(Cl)cc4)=NN32)cc1. The van der Waals surface area contributed by atoms with Crippen LogP contribution in [0.4, 0.5) is 0 Å². The van der Waals surface area contributed by atoms with Crippen LogP contribution in [0.25, 0.3) is 0 Å². The van der Waals surface area contributed by atoms with E-state index >= 15 is 0 Å². The highest BCUT2D eigenvalue weighted by Gasteiger charge is 2.41. The van der Waals surface area contributed by atoms with Gasteiger partial charge >= 0.3 is 0 Å². The number of hydrazone groups is 1. The molecular weight excluding hydrogens is 500 g/mol. The van der Waals surface area contributed by atoms with Crippen LogP contribution < -0.4 is 9.47 Å². The maximum absolute atomic E-state index is 6.48. The molecular formula is C27H26BrClN2O2. The molecule has 0 aliphatic carbocycles. The molecule has 0 N–H and O–H groups in total. The van der Waals surface area contributed by atoms with Crippen LogP contribution in [0, 0.1) is 0 Å². The number of halogens is 2. The Morgan fingerprint density at radius 3 is 2.61 bits per heavy atom. The normalized spacial score (nSPS) is 18.9. The van der Waals surface area contributed by atoms with Crippen LogP contribution in [0.5, 0.6) is 11.5 Å². The molecule has 2 aliphatic heterocycles. The van der Waals surface area contributed by atoms with Crippen LogP contribution in [-0.4, -0.2) is 17.3 Å². The molecule has 2 atom stereocenters. The molecule has 0 saturated carbocycles. The summed E-state index contributed by atoms with van der Waals surface area (Å²) in [5, 5.41) is 7.84. The average Bonchev–Trinajstić information content (AvgIpc) is 3.28. The number of fused-ring (bicyclic) bond motifs is 3. The van der Waals surface area contributed by atoms with Gasteiger partial charge in [0.05, 0.1) is 18.4 Å². The fourth-order valence-corrected chi connectivity index (χ4v) is 4.87. The molecule has 0 unspecified atom stereocenters. The predicted molar refractivity (Wildman–Crippen MR) is 136 cm³/mol. The molecule has 33 heavy (non-hydrogen) atoms. The van der Waals surface area contributed by atoms with E-state index in [2.05, 4.69) is 46.1 Å². The van der Waals surface area contributed by atoms with E-state index in [0.29, 0.717) is 0 Å². The first kappa shape index (κ1) is 22.3. The molecule has 2 aliphatic rings. The van der Waals surface area contributed by atoms with Crippen molar-refractivity contribution in [2.24, 2.45) is 5.10 Å². The van der Waals surface area contributed by atoms with E-state index in [1.54, 1.807) is 0 Å². The lowest BCUT2D eigenvalue weighted by Gasteiger charge is -2.38. The number of benzene rings is 3. The minimum absolute atomic E-state index is 0.104. The van der Waals surface area contributed by atoms with Gasteiger partial charge in [-0.2, -0.15) is 5.10 Å². The summed E-state index contributed by atoms with van der Waals surface area (Å²) >= 11 is 9.72. The average molecular weight is 526 g/mol. The Hall–Kier alpha value is -2.50. The first-order valence-corrected chi connectivity index (χ1v) is 12.6.